The number of hydrogen-bond acceptors (Lipinski definition) is 4. The first-order valence-electron chi connectivity index (χ1n) is 8.86. The molecule has 0 N–H and O–H groups in total. The number of carbonyl (C=O) groups excluding carboxylic acids is 2. The van der Waals surface area contributed by atoms with Crippen molar-refractivity contribution in [3.05, 3.63) is 0 Å². The molecule has 132 valence electrons. The van der Waals surface area contributed by atoms with Crippen LogP contribution in [0.5, 0.6) is 0 Å². The zero-order valence-electron chi connectivity index (χ0n) is 15.6. The second kappa shape index (κ2) is 19.6. The Morgan fingerprint density at radius 1 is 0.652 bits per heavy atom. The second-order valence-electron chi connectivity index (χ2n) is 5.89. The van der Waals surface area contributed by atoms with Gasteiger partial charge in [-0.2, -0.15) is 0 Å². The third kappa shape index (κ3) is 17.7. The van der Waals surface area contributed by atoms with E-state index in [1.807, 2.05) is 13.8 Å². The number of aliphatic carboxylic acids is 2. The Morgan fingerprint density at radius 2 is 0.957 bits per heavy atom. The van der Waals surface area contributed by atoms with Crippen LogP contribution in [0, 0.1) is 11.8 Å². The molecule has 0 saturated heterocycles. The monoisotopic (exact) mass is 378 g/mol. The molecule has 5 heteroatoms. The Morgan fingerprint density at radius 3 is 1.13 bits per heavy atom. The van der Waals surface area contributed by atoms with Crippen molar-refractivity contribution in [3.8, 4) is 0 Å². The molecule has 0 aliphatic heterocycles. The maximum atomic E-state index is 10.5. The van der Waals surface area contributed by atoms with Crippen LogP contribution in [0.25, 0.3) is 0 Å². The smallest absolute Gasteiger partial charge is 0.550 e. The van der Waals surface area contributed by atoms with Gasteiger partial charge in [-0.1, -0.05) is 66.2 Å². The molecular weight excluding hydrogens is 346 g/mol. The van der Waals surface area contributed by atoms with E-state index in [9.17, 15) is 19.8 Å². The summed E-state index contributed by atoms with van der Waals surface area (Å²) in [6, 6.07) is 0. The van der Waals surface area contributed by atoms with Crippen LogP contribution in [0.1, 0.15) is 91.9 Å². The third-order valence-electron chi connectivity index (χ3n) is 3.75. The molecule has 2 unspecified atom stereocenters. The number of hydrogen-bond donors (Lipinski definition) is 0. The van der Waals surface area contributed by atoms with Crippen LogP contribution >= 0.6 is 0 Å². The van der Waals surface area contributed by atoms with Gasteiger partial charge < -0.3 is 19.8 Å². The molecule has 0 radical (unpaired) electrons. The van der Waals surface area contributed by atoms with Gasteiger partial charge in [-0.05, 0) is 37.5 Å². The quantitative estimate of drug-likeness (QED) is 0.488. The molecule has 0 bridgehead atoms. The third-order valence-corrected chi connectivity index (χ3v) is 3.75. The largest absolute Gasteiger partial charge is 2.00 e. The molecule has 0 fully saturated rings. The summed E-state index contributed by atoms with van der Waals surface area (Å²) >= 11 is 0. The number of carbonyl (C=O) groups is 2. The molecule has 0 aromatic carbocycles. The van der Waals surface area contributed by atoms with E-state index in [0.717, 1.165) is 64.2 Å². The fraction of sp³-hybridized carbons (Fsp3) is 0.889. The topological polar surface area (TPSA) is 80.3 Å². The molecule has 2 atom stereocenters. The summed E-state index contributed by atoms with van der Waals surface area (Å²) in [7, 11) is 0. The second-order valence-corrected chi connectivity index (χ2v) is 5.89. The fourth-order valence-corrected chi connectivity index (χ4v) is 2.36. The maximum absolute atomic E-state index is 10.5. The normalized spacial score (nSPS) is 12.3. The van der Waals surface area contributed by atoms with Crippen LogP contribution in [0.15, 0.2) is 0 Å². The van der Waals surface area contributed by atoms with Crippen molar-refractivity contribution in [2.75, 3.05) is 0 Å². The van der Waals surface area contributed by atoms with Crippen LogP contribution in [-0.2, 0) is 29.1 Å². The van der Waals surface area contributed by atoms with Gasteiger partial charge in [0.1, 0.15) is 0 Å². The Balaban J connectivity index is -0.000000333. The van der Waals surface area contributed by atoms with E-state index in [2.05, 4.69) is 13.8 Å². The van der Waals surface area contributed by atoms with Crippen molar-refractivity contribution in [3.63, 3.8) is 0 Å². The SMILES string of the molecule is CCCCC(CCC)C(=O)[O-].CCCCC(CCC)C(=O)[O-].[Zn+2]. The van der Waals surface area contributed by atoms with Crippen LogP contribution in [0.2, 0.25) is 0 Å². The zero-order valence-corrected chi connectivity index (χ0v) is 18.5. The first kappa shape index (κ1) is 27.4. The van der Waals surface area contributed by atoms with Crippen LogP contribution in [0.3, 0.4) is 0 Å². The predicted octanol–water partition coefficient (Wildman–Crippen LogP) is 2.68. The molecular formula is C18H34O4Zn. The standard InChI is InChI=1S/2C9H18O2.Zn/c2*1-3-5-7-8(6-4-2)9(10)11;/h2*8H,3-7H2,1-2H3,(H,10,11);/q;;+2/p-2. The van der Waals surface area contributed by atoms with Crippen molar-refractivity contribution in [1.82, 2.24) is 0 Å². The van der Waals surface area contributed by atoms with Crippen LogP contribution in [-0.4, -0.2) is 11.9 Å². The van der Waals surface area contributed by atoms with Gasteiger partial charge in [-0.25, -0.2) is 0 Å². The summed E-state index contributed by atoms with van der Waals surface area (Å²) in [5, 5.41) is 21.0. The van der Waals surface area contributed by atoms with E-state index in [1.54, 1.807) is 0 Å². The first-order valence-corrected chi connectivity index (χ1v) is 8.86. The van der Waals surface area contributed by atoms with Gasteiger partial charge in [-0.15, -0.1) is 0 Å². The van der Waals surface area contributed by atoms with Gasteiger partial charge in [0.05, 0.1) is 0 Å². The van der Waals surface area contributed by atoms with E-state index < -0.39 is 11.9 Å². The summed E-state index contributed by atoms with van der Waals surface area (Å²) in [6.45, 7) is 8.14. The molecule has 0 spiro atoms. The molecule has 0 amide bonds. The van der Waals surface area contributed by atoms with E-state index in [1.165, 1.54) is 0 Å². The maximum Gasteiger partial charge on any atom is 2.00 e. The molecule has 0 aromatic heterocycles. The van der Waals surface area contributed by atoms with Gasteiger partial charge in [0, 0.05) is 11.9 Å². The van der Waals surface area contributed by atoms with Gasteiger partial charge in [-0.3, -0.25) is 0 Å². The molecule has 0 heterocycles. The number of carboxylic acids is 2. The molecule has 0 rings (SSSR count). The minimum Gasteiger partial charge on any atom is -0.550 e. The predicted molar refractivity (Wildman–Crippen MR) is 85.9 cm³/mol. The molecule has 0 aliphatic carbocycles. The molecule has 4 nitrogen and oxygen atoms in total. The van der Waals surface area contributed by atoms with Crippen LogP contribution < -0.4 is 10.2 Å². The Labute approximate surface area is 155 Å². The van der Waals surface area contributed by atoms with Crippen molar-refractivity contribution < 1.29 is 39.3 Å². The van der Waals surface area contributed by atoms with Crippen molar-refractivity contribution in [1.29, 1.82) is 0 Å². The average Bonchev–Trinajstić information content (AvgIpc) is 2.48. The molecule has 0 aromatic rings. The minimum absolute atomic E-state index is 0. The van der Waals surface area contributed by atoms with E-state index in [0.29, 0.717) is 0 Å². The fourth-order valence-electron chi connectivity index (χ4n) is 2.36. The summed E-state index contributed by atoms with van der Waals surface area (Å²) < 4.78 is 0. The summed E-state index contributed by atoms with van der Waals surface area (Å²) in [5.41, 5.74) is 0. The summed E-state index contributed by atoms with van der Waals surface area (Å²) in [4.78, 5) is 21.0. The van der Waals surface area contributed by atoms with E-state index >= 15 is 0 Å². The molecule has 23 heavy (non-hydrogen) atoms. The van der Waals surface area contributed by atoms with Crippen molar-refractivity contribution >= 4 is 11.9 Å². The van der Waals surface area contributed by atoms with Crippen LogP contribution in [0.4, 0.5) is 0 Å². The van der Waals surface area contributed by atoms with E-state index in [4.69, 9.17) is 0 Å². The Kier molecular flexibility index (Phi) is 23.4. The number of rotatable bonds is 12. The van der Waals surface area contributed by atoms with Crippen molar-refractivity contribution in [2.45, 2.75) is 91.9 Å². The average molecular weight is 380 g/mol. The number of carboxylic acid groups (broad SMARTS) is 2. The zero-order chi connectivity index (χ0) is 17.4. The van der Waals surface area contributed by atoms with Crippen molar-refractivity contribution in [2.24, 2.45) is 11.8 Å². The summed E-state index contributed by atoms with van der Waals surface area (Å²) in [5.74, 6) is -2.17. The molecule has 0 saturated carbocycles. The van der Waals surface area contributed by atoms with Gasteiger partial charge in [0.15, 0.2) is 0 Å². The minimum atomic E-state index is -0.875. The Bertz CT molecular complexity index is 254. The van der Waals surface area contributed by atoms with Gasteiger partial charge in [0.25, 0.3) is 0 Å². The van der Waals surface area contributed by atoms with E-state index in [-0.39, 0.29) is 31.3 Å². The number of unbranched alkanes of at least 4 members (excludes halogenated alkanes) is 2. The Hall–Kier alpha value is -0.437. The summed E-state index contributed by atoms with van der Waals surface area (Å²) in [6.07, 6.45) is 9.09. The van der Waals surface area contributed by atoms with Gasteiger partial charge in [0.2, 0.25) is 0 Å². The first-order chi connectivity index (χ1) is 10.4. The molecule has 0 aliphatic rings. The van der Waals surface area contributed by atoms with Gasteiger partial charge >= 0.3 is 19.5 Å².